The number of aliphatic hydroxyl groups is 2. The van der Waals surface area contributed by atoms with E-state index in [1.165, 1.54) is 6.92 Å². The Morgan fingerprint density at radius 2 is 0.914 bits per heavy atom. The van der Waals surface area contributed by atoms with Crippen LogP contribution in [0.2, 0.25) is 0 Å². The summed E-state index contributed by atoms with van der Waals surface area (Å²) in [5.41, 5.74) is 23.6. The number of nitrogens with one attached hydrogen (secondary N) is 10. The average molecular weight is 993 g/mol. The highest BCUT2D eigenvalue weighted by atomic mass is 16.3. The number of hydrogen-bond acceptors (Lipinski definition) is 16. The minimum atomic E-state index is -1.35. The summed E-state index contributed by atoms with van der Waals surface area (Å²) in [5, 5.41) is 44.0. The standard InChI is InChI=1S/C44H76N14O12/c1-5-49-44(70)37(26(4)60)58-41(67)31(14-19-48)54-40(66)30(13-18-47)55-42(68)32(21-25(2)3)56-43(69)33(22-27-9-7-6-8-10-27)57-39(65)29(12-17-46)53-36(63)24-51-38(64)28(11-16-45)52-35(62)23-50-34(61)15-20-59/h6-10,25-26,28-33,37,59-60H,5,11-24,45-48H2,1-4H3,(H,49,70)(H,50,61)(H,51,64)(H,52,62)(H,53,63)(H,54,66)(H,55,68)(H,56,69)(H,57,65)(H,58,67)/t26?,28-,29-,30-,31-,32-,33+,37?/m0/s1. The van der Waals surface area contributed by atoms with Crippen molar-refractivity contribution in [1.29, 1.82) is 0 Å². The Bertz CT molecular complexity index is 1860. The molecule has 10 amide bonds. The van der Waals surface area contributed by atoms with Crippen molar-refractivity contribution in [2.75, 3.05) is 52.4 Å². The highest BCUT2D eigenvalue weighted by molar-refractivity contribution is 5.98. The van der Waals surface area contributed by atoms with Gasteiger partial charge in [0.15, 0.2) is 0 Å². The zero-order chi connectivity index (χ0) is 52.8. The molecule has 0 saturated carbocycles. The molecule has 0 fully saturated rings. The molecule has 8 atom stereocenters. The Hall–Kier alpha value is -6.32. The summed E-state index contributed by atoms with van der Waals surface area (Å²) < 4.78 is 0. The van der Waals surface area contributed by atoms with Gasteiger partial charge in [0.05, 0.1) is 25.8 Å². The molecule has 1 aromatic rings. The molecule has 0 aliphatic heterocycles. The molecule has 0 spiro atoms. The zero-order valence-electron chi connectivity index (χ0n) is 40.5. The van der Waals surface area contributed by atoms with Crippen LogP contribution in [0.3, 0.4) is 0 Å². The largest absolute Gasteiger partial charge is 0.396 e. The van der Waals surface area contributed by atoms with Crippen molar-refractivity contribution in [2.24, 2.45) is 28.9 Å². The molecule has 26 nitrogen and oxygen atoms in total. The molecule has 0 aliphatic rings. The van der Waals surface area contributed by atoms with E-state index in [4.69, 9.17) is 28.0 Å². The van der Waals surface area contributed by atoms with Crippen LogP contribution in [-0.2, 0) is 54.4 Å². The molecule has 20 N–H and O–H groups in total. The van der Waals surface area contributed by atoms with E-state index in [2.05, 4.69) is 53.2 Å². The van der Waals surface area contributed by atoms with Crippen molar-refractivity contribution in [1.82, 2.24) is 53.2 Å². The lowest BCUT2D eigenvalue weighted by Crippen LogP contribution is -2.61. The van der Waals surface area contributed by atoms with Crippen molar-refractivity contribution >= 4 is 59.1 Å². The van der Waals surface area contributed by atoms with Gasteiger partial charge in [0.2, 0.25) is 59.1 Å². The Morgan fingerprint density at radius 3 is 1.37 bits per heavy atom. The van der Waals surface area contributed by atoms with Crippen LogP contribution in [-0.4, -0.2) is 170 Å². The molecule has 0 aliphatic carbocycles. The maximum absolute atomic E-state index is 14.2. The van der Waals surface area contributed by atoms with E-state index < -0.39 is 127 Å². The van der Waals surface area contributed by atoms with Crippen LogP contribution in [0.15, 0.2) is 30.3 Å². The quantitative estimate of drug-likeness (QED) is 0.0305. The molecular formula is C44H76N14O12. The second kappa shape index (κ2) is 34.1. The summed E-state index contributed by atoms with van der Waals surface area (Å²) in [6.07, 6.45) is -1.84. The molecule has 70 heavy (non-hydrogen) atoms. The lowest BCUT2D eigenvalue weighted by molar-refractivity contribution is -0.136. The summed E-state index contributed by atoms with van der Waals surface area (Å²) in [6.45, 7) is 4.94. The Kier molecular flexibility index (Phi) is 30.0. The van der Waals surface area contributed by atoms with Gasteiger partial charge >= 0.3 is 0 Å². The van der Waals surface area contributed by atoms with Crippen LogP contribution in [0.1, 0.15) is 71.8 Å². The van der Waals surface area contributed by atoms with E-state index >= 15 is 0 Å². The number of hydrogen-bond donors (Lipinski definition) is 16. The van der Waals surface area contributed by atoms with E-state index in [0.29, 0.717) is 5.56 Å². The Balaban J connectivity index is 3.27. The number of nitrogens with two attached hydrogens (primary N) is 4. The lowest BCUT2D eigenvalue weighted by Gasteiger charge is -2.28. The smallest absolute Gasteiger partial charge is 0.245 e. The lowest BCUT2D eigenvalue weighted by atomic mass is 10.00. The van der Waals surface area contributed by atoms with Gasteiger partial charge in [0, 0.05) is 19.4 Å². The Labute approximate surface area is 407 Å². The maximum Gasteiger partial charge on any atom is 0.245 e. The second-order valence-electron chi connectivity index (χ2n) is 16.7. The van der Waals surface area contributed by atoms with Crippen molar-refractivity contribution in [3.8, 4) is 0 Å². The summed E-state index contributed by atoms with van der Waals surface area (Å²) in [5.74, 6) is -7.84. The summed E-state index contributed by atoms with van der Waals surface area (Å²) in [7, 11) is 0. The van der Waals surface area contributed by atoms with Crippen LogP contribution < -0.4 is 76.1 Å². The summed E-state index contributed by atoms with van der Waals surface area (Å²) in [4.78, 5) is 131. The number of benzene rings is 1. The van der Waals surface area contributed by atoms with Crippen molar-refractivity contribution in [2.45, 2.75) is 121 Å². The first-order chi connectivity index (χ1) is 33.2. The van der Waals surface area contributed by atoms with Crippen LogP contribution >= 0.6 is 0 Å². The third kappa shape index (κ3) is 23.8. The first kappa shape index (κ1) is 61.7. The molecule has 0 radical (unpaired) electrons. The van der Waals surface area contributed by atoms with Gasteiger partial charge in [-0.3, -0.25) is 47.9 Å². The molecule has 0 heterocycles. The highest BCUT2D eigenvalue weighted by Gasteiger charge is 2.34. The van der Waals surface area contributed by atoms with Crippen molar-refractivity contribution in [3.05, 3.63) is 35.9 Å². The van der Waals surface area contributed by atoms with Crippen LogP contribution in [0.25, 0.3) is 0 Å². The van der Waals surface area contributed by atoms with Gasteiger partial charge in [-0.25, -0.2) is 0 Å². The molecule has 0 bridgehead atoms. The van der Waals surface area contributed by atoms with Crippen molar-refractivity contribution in [3.63, 3.8) is 0 Å². The van der Waals surface area contributed by atoms with Gasteiger partial charge in [0.1, 0.15) is 42.3 Å². The molecule has 2 unspecified atom stereocenters. The number of rotatable bonds is 34. The fourth-order valence-electron chi connectivity index (χ4n) is 6.69. The SMILES string of the molecule is CCNC(=O)C(NC(=O)[C@H](CCN)NC(=O)[C@H](CCN)NC(=O)[C@H](CC(C)C)NC(=O)[C@@H](Cc1ccccc1)NC(=O)[C@H](CCN)NC(=O)CNC(=O)[C@H](CCN)NC(=O)CNC(=O)CCO)C(C)O. The van der Waals surface area contributed by atoms with Gasteiger partial charge in [-0.05, 0) is 83.6 Å². The molecule has 1 rings (SSSR count). The number of carbonyl (C=O) groups excluding carboxylic acids is 10. The molecule has 0 saturated heterocycles. The summed E-state index contributed by atoms with van der Waals surface area (Å²) >= 11 is 0. The predicted octanol–water partition coefficient (Wildman–Crippen LogP) is -6.80. The van der Waals surface area contributed by atoms with Gasteiger partial charge in [-0.15, -0.1) is 0 Å². The van der Waals surface area contributed by atoms with E-state index in [9.17, 15) is 53.1 Å². The molecule has 1 aromatic carbocycles. The fourth-order valence-corrected chi connectivity index (χ4v) is 6.69. The molecule has 0 aromatic heterocycles. The number of amides is 10. The van der Waals surface area contributed by atoms with Gasteiger partial charge in [-0.1, -0.05) is 44.2 Å². The molecular weight excluding hydrogens is 917 g/mol. The number of aliphatic hydroxyl groups excluding tert-OH is 2. The van der Waals surface area contributed by atoms with Gasteiger partial charge < -0.3 is 86.3 Å². The van der Waals surface area contributed by atoms with E-state index in [0.717, 1.165) is 0 Å². The van der Waals surface area contributed by atoms with Gasteiger partial charge in [-0.2, -0.15) is 0 Å². The predicted molar refractivity (Wildman–Crippen MR) is 256 cm³/mol. The average Bonchev–Trinajstić information content (AvgIpc) is 3.30. The van der Waals surface area contributed by atoms with Crippen LogP contribution in [0, 0.1) is 5.92 Å². The maximum atomic E-state index is 14.2. The molecule has 394 valence electrons. The third-order valence-corrected chi connectivity index (χ3v) is 10.3. The number of carbonyl (C=O) groups is 10. The van der Waals surface area contributed by atoms with Gasteiger partial charge in [0.25, 0.3) is 0 Å². The first-order valence-electron chi connectivity index (χ1n) is 23.3. The van der Waals surface area contributed by atoms with Crippen molar-refractivity contribution < 1.29 is 58.2 Å². The first-order valence-corrected chi connectivity index (χ1v) is 23.3. The zero-order valence-corrected chi connectivity index (χ0v) is 40.5. The van der Waals surface area contributed by atoms with E-state index in [-0.39, 0.29) is 83.6 Å². The minimum Gasteiger partial charge on any atom is -0.396 e. The van der Waals surface area contributed by atoms with E-state index in [1.54, 1.807) is 51.1 Å². The minimum absolute atomic E-state index is 0.0268. The van der Waals surface area contributed by atoms with E-state index in [1.807, 2.05) is 0 Å². The Morgan fingerprint density at radius 1 is 0.500 bits per heavy atom. The second-order valence-corrected chi connectivity index (χ2v) is 16.7. The fraction of sp³-hybridized carbons (Fsp3) is 0.636. The topological polar surface area (TPSA) is 436 Å². The normalized spacial score (nSPS) is 14.4. The van der Waals surface area contributed by atoms with Crippen LogP contribution in [0.4, 0.5) is 0 Å². The molecule has 26 heteroatoms. The highest BCUT2D eigenvalue weighted by Crippen LogP contribution is 2.10. The number of likely N-dealkylation sites (N-methyl/N-ethyl adjacent to an activating group) is 1. The monoisotopic (exact) mass is 993 g/mol. The summed E-state index contributed by atoms with van der Waals surface area (Å²) in [6, 6.07) is -0.477. The third-order valence-electron chi connectivity index (χ3n) is 10.3. The van der Waals surface area contributed by atoms with Crippen LogP contribution in [0.5, 0.6) is 0 Å².